The average molecular weight is 167 g/mol. The first-order chi connectivity index (χ1) is 5.88. The molecule has 68 valence electrons. The van der Waals surface area contributed by atoms with Crippen molar-refractivity contribution >= 4 is 0 Å². The van der Waals surface area contributed by atoms with Crippen LogP contribution in [0.1, 0.15) is 31.9 Å². The lowest BCUT2D eigenvalue weighted by Crippen LogP contribution is -2.06. The zero-order valence-electron chi connectivity index (χ0n) is 7.66. The van der Waals surface area contributed by atoms with Crippen LogP contribution in [0, 0.1) is 0 Å². The van der Waals surface area contributed by atoms with Crippen molar-refractivity contribution in [1.82, 2.24) is 9.55 Å². The van der Waals surface area contributed by atoms with Crippen molar-refractivity contribution in [1.29, 1.82) is 0 Å². The van der Waals surface area contributed by atoms with Crippen LogP contribution in [0.3, 0.4) is 0 Å². The fourth-order valence-electron chi connectivity index (χ4n) is 1.25. The number of unbranched alkanes of at least 4 members (excludes halogenated alkanes) is 2. The number of hydrogen-bond donors (Lipinski definition) is 1. The van der Waals surface area contributed by atoms with E-state index < -0.39 is 0 Å². The van der Waals surface area contributed by atoms with E-state index in [2.05, 4.69) is 16.5 Å². The molecule has 2 N–H and O–H groups in total. The second kappa shape index (κ2) is 4.93. The lowest BCUT2D eigenvalue weighted by molar-refractivity contribution is 0.584. The van der Waals surface area contributed by atoms with E-state index in [1.807, 2.05) is 12.5 Å². The number of aryl methyl sites for hydroxylation is 1. The molecule has 3 heteroatoms. The number of nitrogens with zero attached hydrogens (tertiary/aromatic N) is 2. The lowest BCUT2D eigenvalue weighted by Gasteiger charge is -2.04. The maximum Gasteiger partial charge on any atom is 0.0948 e. The van der Waals surface area contributed by atoms with Crippen LogP contribution in [0.25, 0.3) is 0 Å². The Kier molecular flexibility index (Phi) is 3.80. The van der Waals surface area contributed by atoms with E-state index in [1.165, 1.54) is 19.3 Å². The van der Waals surface area contributed by atoms with E-state index >= 15 is 0 Å². The molecule has 1 rings (SSSR count). The molecule has 0 aliphatic heterocycles. The predicted octanol–water partition coefficient (Wildman–Crippen LogP) is 1.53. The van der Waals surface area contributed by atoms with Crippen LogP contribution < -0.4 is 5.73 Å². The molecule has 0 fully saturated rings. The Morgan fingerprint density at radius 2 is 2.33 bits per heavy atom. The Balaban J connectivity index is 2.39. The van der Waals surface area contributed by atoms with Gasteiger partial charge in [-0.15, -0.1) is 0 Å². The molecule has 0 radical (unpaired) electrons. The Hall–Kier alpha value is -0.830. The molecule has 0 atom stereocenters. The summed E-state index contributed by atoms with van der Waals surface area (Å²) in [5.74, 6) is 0. The van der Waals surface area contributed by atoms with E-state index in [0.29, 0.717) is 6.54 Å². The van der Waals surface area contributed by atoms with E-state index in [1.54, 1.807) is 0 Å². The van der Waals surface area contributed by atoms with Gasteiger partial charge in [-0.2, -0.15) is 0 Å². The second-order valence-electron chi connectivity index (χ2n) is 2.99. The Morgan fingerprint density at radius 3 is 3.00 bits per heavy atom. The van der Waals surface area contributed by atoms with Crippen LogP contribution in [-0.4, -0.2) is 9.55 Å². The van der Waals surface area contributed by atoms with Crippen LogP contribution in [0.5, 0.6) is 0 Å². The summed E-state index contributed by atoms with van der Waals surface area (Å²) in [7, 11) is 0. The van der Waals surface area contributed by atoms with Gasteiger partial charge in [-0.25, -0.2) is 4.98 Å². The van der Waals surface area contributed by atoms with E-state index in [-0.39, 0.29) is 0 Å². The van der Waals surface area contributed by atoms with Crippen molar-refractivity contribution in [3.05, 3.63) is 18.2 Å². The summed E-state index contributed by atoms with van der Waals surface area (Å²) >= 11 is 0. The molecular weight excluding hydrogens is 150 g/mol. The third-order valence-electron chi connectivity index (χ3n) is 2.01. The molecule has 3 nitrogen and oxygen atoms in total. The number of hydrogen-bond acceptors (Lipinski definition) is 2. The lowest BCUT2D eigenvalue weighted by atomic mass is 10.2. The summed E-state index contributed by atoms with van der Waals surface area (Å²) in [4.78, 5) is 4.05. The third-order valence-corrected chi connectivity index (χ3v) is 2.01. The standard InChI is InChI=1S/C9H17N3/c1-2-3-4-5-12-8-11-7-9(12)6-10/h7-8H,2-6,10H2,1H3. The van der Waals surface area contributed by atoms with E-state index in [9.17, 15) is 0 Å². The number of imidazole rings is 1. The van der Waals surface area contributed by atoms with Crippen molar-refractivity contribution in [3.63, 3.8) is 0 Å². The first-order valence-corrected chi connectivity index (χ1v) is 4.57. The van der Waals surface area contributed by atoms with Crippen molar-refractivity contribution < 1.29 is 0 Å². The number of rotatable bonds is 5. The molecule has 0 spiro atoms. The molecule has 0 unspecified atom stereocenters. The van der Waals surface area contributed by atoms with Gasteiger partial charge in [-0.3, -0.25) is 0 Å². The molecule has 0 aliphatic rings. The fourth-order valence-corrected chi connectivity index (χ4v) is 1.25. The highest BCUT2D eigenvalue weighted by molar-refractivity contribution is 4.96. The van der Waals surface area contributed by atoms with Gasteiger partial charge in [-0.1, -0.05) is 19.8 Å². The topological polar surface area (TPSA) is 43.8 Å². The van der Waals surface area contributed by atoms with E-state index in [0.717, 1.165) is 12.2 Å². The summed E-state index contributed by atoms with van der Waals surface area (Å²) in [6.45, 7) is 3.85. The minimum Gasteiger partial charge on any atom is -0.333 e. The SMILES string of the molecule is CCCCCn1cncc1CN. The van der Waals surface area contributed by atoms with Crippen molar-refractivity contribution in [3.8, 4) is 0 Å². The summed E-state index contributed by atoms with van der Waals surface area (Å²) in [6.07, 6.45) is 7.46. The normalized spacial score (nSPS) is 10.5. The van der Waals surface area contributed by atoms with Gasteiger partial charge in [-0.05, 0) is 6.42 Å². The average Bonchev–Trinajstić information content (AvgIpc) is 2.52. The summed E-state index contributed by atoms with van der Waals surface area (Å²) < 4.78 is 2.13. The maximum absolute atomic E-state index is 5.54. The molecule has 12 heavy (non-hydrogen) atoms. The zero-order valence-corrected chi connectivity index (χ0v) is 7.66. The first-order valence-electron chi connectivity index (χ1n) is 4.57. The molecule has 0 amide bonds. The smallest absolute Gasteiger partial charge is 0.0948 e. The molecule has 1 aromatic heterocycles. The van der Waals surface area contributed by atoms with Gasteiger partial charge in [0.05, 0.1) is 12.0 Å². The Labute approximate surface area is 73.6 Å². The molecule has 1 aromatic rings. The van der Waals surface area contributed by atoms with Crippen LogP contribution in [0.15, 0.2) is 12.5 Å². The van der Waals surface area contributed by atoms with Crippen molar-refractivity contribution in [2.24, 2.45) is 5.73 Å². The Bertz CT molecular complexity index is 217. The fraction of sp³-hybridized carbons (Fsp3) is 0.667. The monoisotopic (exact) mass is 167 g/mol. The van der Waals surface area contributed by atoms with Gasteiger partial charge in [0.15, 0.2) is 0 Å². The van der Waals surface area contributed by atoms with Gasteiger partial charge >= 0.3 is 0 Å². The summed E-state index contributed by atoms with van der Waals surface area (Å²) in [5, 5.41) is 0. The highest BCUT2D eigenvalue weighted by Crippen LogP contribution is 2.02. The maximum atomic E-state index is 5.54. The van der Waals surface area contributed by atoms with Gasteiger partial charge in [0, 0.05) is 19.3 Å². The van der Waals surface area contributed by atoms with Crippen LogP contribution in [-0.2, 0) is 13.1 Å². The summed E-state index contributed by atoms with van der Waals surface area (Å²) in [6, 6.07) is 0. The molecule has 0 aliphatic carbocycles. The van der Waals surface area contributed by atoms with Gasteiger partial charge in [0.2, 0.25) is 0 Å². The predicted molar refractivity (Wildman–Crippen MR) is 49.6 cm³/mol. The van der Waals surface area contributed by atoms with Crippen LogP contribution >= 0.6 is 0 Å². The van der Waals surface area contributed by atoms with Gasteiger partial charge < -0.3 is 10.3 Å². The molecule has 0 aromatic carbocycles. The van der Waals surface area contributed by atoms with Crippen molar-refractivity contribution in [2.75, 3.05) is 0 Å². The molecule has 1 heterocycles. The van der Waals surface area contributed by atoms with Gasteiger partial charge in [0.1, 0.15) is 0 Å². The largest absolute Gasteiger partial charge is 0.333 e. The zero-order chi connectivity index (χ0) is 8.81. The summed E-state index contributed by atoms with van der Waals surface area (Å²) in [5.41, 5.74) is 6.67. The second-order valence-corrected chi connectivity index (χ2v) is 2.99. The molecule has 0 saturated heterocycles. The number of aromatic nitrogens is 2. The first kappa shape index (κ1) is 9.26. The number of nitrogens with two attached hydrogens (primary N) is 1. The van der Waals surface area contributed by atoms with Gasteiger partial charge in [0.25, 0.3) is 0 Å². The molecular formula is C9H17N3. The van der Waals surface area contributed by atoms with Crippen LogP contribution in [0.2, 0.25) is 0 Å². The highest BCUT2D eigenvalue weighted by atomic mass is 15.0. The third kappa shape index (κ3) is 2.34. The minimum atomic E-state index is 0.589. The van der Waals surface area contributed by atoms with E-state index in [4.69, 9.17) is 5.73 Å². The Morgan fingerprint density at radius 1 is 1.50 bits per heavy atom. The van der Waals surface area contributed by atoms with Crippen molar-refractivity contribution in [2.45, 2.75) is 39.3 Å². The van der Waals surface area contributed by atoms with Crippen LogP contribution in [0.4, 0.5) is 0 Å². The molecule has 0 bridgehead atoms. The molecule has 0 saturated carbocycles. The minimum absolute atomic E-state index is 0.589. The highest BCUT2D eigenvalue weighted by Gasteiger charge is 1.97. The quantitative estimate of drug-likeness (QED) is 0.676.